The summed E-state index contributed by atoms with van der Waals surface area (Å²) in [6.45, 7) is 3.24. The average Bonchev–Trinajstić information content (AvgIpc) is 2.96. The first-order valence-corrected chi connectivity index (χ1v) is 9.43. The van der Waals surface area contributed by atoms with Crippen LogP contribution >= 0.6 is 0 Å². The molecule has 1 N–H and O–H groups in total. The molecule has 0 fully saturated rings. The van der Waals surface area contributed by atoms with E-state index < -0.39 is 34.3 Å². The molecule has 1 aliphatic rings. The smallest absolute Gasteiger partial charge is 0.338 e. The van der Waals surface area contributed by atoms with Crippen molar-refractivity contribution in [1.29, 1.82) is 0 Å². The molecular formula is C21H19N3O7. The summed E-state index contributed by atoms with van der Waals surface area (Å²) in [5.41, 5.74) is -0.00689. The Labute approximate surface area is 176 Å². The predicted octanol–water partition coefficient (Wildman–Crippen LogP) is 2.78. The second kappa shape index (κ2) is 8.74. The highest BCUT2D eigenvalue weighted by molar-refractivity contribution is 6.23. The van der Waals surface area contributed by atoms with E-state index >= 15 is 0 Å². The predicted molar refractivity (Wildman–Crippen MR) is 109 cm³/mol. The minimum Gasteiger partial charge on any atom is -0.459 e. The number of nitrogens with one attached hydrogen (secondary N) is 1. The fraction of sp³-hybridized carbons (Fsp3) is 0.238. The van der Waals surface area contributed by atoms with Gasteiger partial charge in [-0.2, -0.15) is 0 Å². The van der Waals surface area contributed by atoms with E-state index in [0.717, 1.165) is 11.0 Å². The van der Waals surface area contributed by atoms with E-state index in [-0.39, 0.29) is 30.2 Å². The van der Waals surface area contributed by atoms with Gasteiger partial charge >= 0.3 is 5.97 Å². The number of carbonyl (C=O) groups is 4. The van der Waals surface area contributed by atoms with Gasteiger partial charge in [-0.15, -0.1) is 0 Å². The number of nitro benzene ring substituents is 1. The molecule has 0 unspecified atom stereocenters. The van der Waals surface area contributed by atoms with Crippen molar-refractivity contribution >= 4 is 35.1 Å². The van der Waals surface area contributed by atoms with Crippen molar-refractivity contribution < 1.29 is 28.8 Å². The highest BCUT2D eigenvalue weighted by atomic mass is 16.6. The number of ether oxygens (including phenoxy) is 1. The SMILES string of the molecule is CC(C)OC(=O)c1ccc(NC(=O)CCN2C(=O)c3cccc([N+](=O)[O-])c3C2=O)cc1. The lowest BCUT2D eigenvalue weighted by Gasteiger charge is -2.13. The van der Waals surface area contributed by atoms with Crippen molar-refractivity contribution in [3.8, 4) is 0 Å². The number of amides is 3. The van der Waals surface area contributed by atoms with Gasteiger partial charge in [-0.1, -0.05) is 6.07 Å². The number of hydrogen-bond acceptors (Lipinski definition) is 7. The Morgan fingerprint density at radius 3 is 2.39 bits per heavy atom. The van der Waals surface area contributed by atoms with Gasteiger partial charge in [0.1, 0.15) is 5.56 Å². The number of anilines is 1. The summed E-state index contributed by atoms with van der Waals surface area (Å²) in [4.78, 5) is 60.3. The lowest BCUT2D eigenvalue weighted by molar-refractivity contribution is -0.385. The van der Waals surface area contributed by atoms with Crippen molar-refractivity contribution in [2.24, 2.45) is 0 Å². The molecule has 0 saturated heterocycles. The number of fused-ring (bicyclic) bond motifs is 1. The topological polar surface area (TPSA) is 136 Å². The summed E-state index contributed by atoms with van der Waals surface area (Å²) in [5, 5.41) is 13.7. The highest BCUT2D eigenvalue weighted by Gasteiger charge is 2.40. The van der Waals surface area contributed by atoms with E-state index in [4.69, 9.17) is 4.74 Å². The van der Waals surface area contributed by atoms with Gasteiger partial charge in [0.15, 0.2) is 0 Å². The van der Waals surface area contributed by atoms with E-state index in [1.54, 1.807) is 13.8 Å². The number of nitrogens with zero attached hydrogens (tertiary/aromatic N) is 2. The molecular weight excluding hydrogens is 406 g/mol. The van der Waals surface area contributed by atoms with Crippen LogP contribution in [0.5, 0.6) is 0 Å². The van der Waals surface area contributed by atoms with Crippen molar-refractivity contribution in [1.82, 2.24) is 4.90 Å². The normalized spacial score (nSPS) is 12.7. The maximum absolute atomic E-state index is 12.5. The summed E-state index contributed by atoms with van der Waals surface area (Å²) in [6, 6.07) is 9.89. The molecule has 31 heavy (non-hydrogen) atoms. The van der Waals surface area contributed by atoms with Crippen LogP contribution in [0.15, 0.2) is 42.5 Å². The Hall–Kier alpha value is -4.08. The number of benzene rings is 2. The summed E-state index contributed by atoms with van der Waals surface area (Å²) in [5.74, 6) is -2.42. The molecule has 0 spiro atoms. The molecule has 10 nitrogen and oxygen atoms in total. The number of esters is 1. The molecule has 3 rings (SSSR count). The third-order valence-corrected chi connectivity index (χ3v) is 4.48. The monoisotopic (exact) mass is 425 g/mol. The van der Waals surface area contributed by atoms with Crippen LogP contribution in [-0.2, 0) is 9.53 Å². The minimum absolute atomic E-state index is 0.0523. The van der Waals surface area contributed by atoms with Gasteiger partial charge in [-0.25, -0.2) is 4.79 Å². The number of nitro groups is 1. The number of carbonyl (C=O) groups excluding carboxylic acids is 4. The van der Waals surface area contributed by atoms with Crippen LogP contribution in [0.1, 0.15) is 51.3 Å². The van der Waals surface area contributed by atoms with Gasteiger partial charge in [0.25, 0.3) is 17.5 Å². The van der Waals surface area contributed by atoms with Crippen LogP contribution in [-0.4, -0.2) is 46.2 Å². The van der Waals surface area contributed by atoms with E-state index in [9.17, 15) is 29.3 Å². The first kappa shape index (κ1) is 21.6. The van der Waals surface area contributed by atoms with E-state index in [1.807, 2.05) is 0 Å². The van der Waals surface area contributed by atoms with Crippen molar-refractivity contribution in [3.63, 3.8) is 0 Å². The van der Waals surface area contributed by atoms with Gasteiger partial charge in [0.05, 0.1) is 22.2 Å². The van der Waals surface area contributed by atoms with Crippen LogP contribution in [0, 0.1) is 10.1 Å². The quantitative estimate of drug-likeness (QED) is 0.312. The second-order valence-corrected chi connectivity index (χ2v) is 7.05. The van der Waals surface area contributed by atoms with Crippen molar-refractivity contribution in [3.05, 3.63) is 69.3 Å². The van der Waals surface area contributed by atoms with Crippen LogP contribution in [0.2, 0.25) is 0 Å². The largest absolute Gasteiger partial charge is 0.459 e. The maximum atomic E-state index is 12.5. The Morgan fingerprint density at radius 1 is 1.10 bits per heavy atom. The Bertz CT molecular complexity index is 1080. The molecule has 0 aliphatic carbocycles. The van der Waals surface area contributed by atoms with E-state index in [0.29, 0.717) is 11.3 Å². The Kier molecular flexibility index (Phi) is 6.10. The third kappa shape index (κ3) is 4.58. The average molecular weight is 425 g/mol. The molecule has 0 aromatic heterocycles. The number of rotatable bonds is 7. The fourth-order valence-electron chi connectivity index (χ4n) is 3.08. The third-order valence-electron chi connectivity index (χ3n) is 4.48. The van der Waals surface area contributed by atoms with E-state index in [1.165, 1.54) is 36.4 Å². The molecule has 10 heteroatoms. The standard InChI is InChI=1S/C21H19N3O7/c1-12(2)31-21(28)13-6-8-14(9-7-13)22-17(25)10-11-23-19(26)15-4-3-5-16(24(29)30)18(15)20(23)27/h3-9,12H,10-11H2,1-2H3,(H,22,25). The number of imide groups is 1. The second-order valence-electron chi connectivity index (χ2n) is 7.05. The van der Waals surface area contributed by atoms with Gasteiger partial charge in [-0.3, -0.25) is 29.4 Å². The summed E-state index contributed by atoms with van der Waals surface area (Å²) < 4.78 is 5.08. The lowest BCUT2D eigenvalue weighted by atomic mass is 10.1. The molecule has 2 aromatic carbocycles. The molecule has 1 heterocycles. The van der Waals surface area contributed by atoms with Crippen molar-refractivity contribution in [2.75, 3.05) is 11.9 Å². The van der Waals surface area contributed by atoms with Gasteiger partial charge in [0, 0.05) is 24.7 Å². The van der Waals surface area contributed by atoms with Crippen LogP contribution in [0.4, 0.5) is 11.4 Å². The van der Waals surface area contributed by atoms with Gasteiger partial charge in [0.2, 0.25) is 5.91 Å². The summed E-state index contributed by atoms with van der Waals surface area (Å²) in [7, 11) is 0. The summed E-state index contributed by atoms with van der Waals surface area (Å²) in [6.07, 6.45) is -0.452. The maximum Gasteiger partial charge on any atom is 0.338 e. The molecule has 0 atom stereocenters. The van der Waals surface area contributed by atoms with E-state index in [2.05, 4.69) is 5.32 Å². The van der Waals surface area contributed by atoms with Gasteiger partial charge < -0.3 is 10.1 Å². The number of hydrogen-bond donors (Lipinski definition) is 1. The molecule has 160 valence electrons. The first-order chi connectivity index (χ1) is 14.7. The zero-order chi connectivity index (χ0) is 22.7. The molecule has 3 amide bonds. The summed E-state index contributed by atoms with van der Waals surface area (Å²) >= 11 is 0. The van der Waals surface area contributed by atoms with Crippen LogP contribution in [0.25, 0.3) is 0 Å². The Morgan fingerprint density at radius 2 is 1.77 bits per heavy atom. The fourth-order valence-corrected chi connectivity index (χ4v) is 3.08. The van der Waals surface area contributed by atoms with Gasteiger partial charge in [-0.05, 0) is 44.2 Å². The van der Waals surface area contributed by atoms with Crippen LogP contribution in [0.3, 0.4) is 0 Å². The van der Waals surface area contributed by atoms with Crippen LogP contribution < -0.4 is 5.32 Å². The lowest BCUT2D eigenvalue weighted by Crippen LogP contribution is -2.33. The highest BCUT2D eigenvalue weighted by Crippen LogP contribution is 2.30. The van der Waals surface area contributed by atoms with Crippen molar-refractivity contribution in [2.45, 2.75) is 26.4 Å². The first-order valence-electron chi connectivity index (χ1n) is 9.43. The minimum atomic E-state index is -0.798. The molecule has 0 bridgehead atoms. The zero-order valence-corrected chi connectivity index (χ0v) is 16.8. The molecule has 2 aromatic rings. The zero-order valence-electron chi connectivity index (χ0n) is 16.8. The molecule has 1 aliphatic heterocycles. The molecule has 0 radical (unpaired) electrons. The Balaban J connectivity index is 1.61. The molecule has 0 saturated carbocycles.